The Balaban J connectivity index is 1.72. The minimum absolute atomic E-state index is 0.00820. The van der Waals surface area contributed by atoms with Crippen molar-refractivity contribution >= 4 is 22.7 Å². The number of aliphatic hydroxyl groups is 1. The van der Waals surface area contributed by atoms with Crippen molar-refractivity contribution in [2.75, 3.05) is 33.4 Å². The molecule has 1 saturated heterocycles. The summed E-state index contributed by atoms with van der Waals surface area (Å²) < 4.78 is 5.36. The molecular weight excluding hydrogens is 358 g/mol. The van der Waals surface area contributed by atoms with Crippen molar-refractivity contribution in [1.29, 1.82) is 0 Å². The maximum absolute atomic E-state index is 13.5. The molecule has 1 unspecified atom stereocenters. The topological polar surface area (TPSA) is 85.9 Å². The molecule has 2 aliphatic heterocycles. The Morgan fingerprint density at radius 3 is 2.82 bits per heavy atom. The van der Waals surface area contributed by atoms with Crippen LogP contribution < -0.4 is 4.74 Å². The van der Waals surface area contributed by atoms with Gasteiger partial charge in [0.2, 0.25) is 5.91 Å². The maximum atomic E-state index is 13.5. The van der Waals surface area contributed by atoms with Gasteiger partial charge in [-0.3, -0.25) is 9.59 Å². The third-order valence-corrected chi connectivity index (χ3v) is 6.14. The third kappa shape index (κ3) is 2.76. The molecular formula is C21H27N3O4. The average molecular weight is 385 g/mol. The van der Waals surface area contributed by atoms with Gasteiger partial charge >= 0.3 is 0 Å². The van der Waals surface area contributed by atoms with Crippen molar-refractivity contribution < 1.29 is 19.4 Å². The van der Waals surface area contributed by atoms with E-state index in [2.05, 4.69) is 4.98 Å². The van der Waals surface area contributed by atoms with E-state index in [1.807, 2.05) is 25.1 Å². The first-order valence-electron chi connectivity index (χ1n) is 9.90. The number of nitrogens with one attached hydrogen (secondary N) is 1. The summed E-state index contributed by atoms with van der Waals surface area (Å²) in [5, 5.41) is 10.0. The number of rotatable bonds is 6. The number of fused-ring (bicyclic) bond motifs is 5. The Hall–Kier alpha value is -2.54. The van der Waals surface area contributed by atoms with Gasteiger partial charge in [-0.05, 0) is 56.4 Å². The third-order valence-electron chi connectivity index (χ3n) is 6.14. The van der Waals surface area contributed by atoms with E-state index < -0.39 is 5.54 Å². The van der Waals surface area contributed by atoms with Gasteiger partial charge in [-0.1, -0.05) is 0 Å². The van der Waals surface area contributed by atoms with Crippen LogP contribution in [0.25, 0.3) is 10.9 Å². The Morgan fingerprint density at radius 1 is 1.25 bits per heavy atom. The van der Waals surface area contributed by atoms with Crippen LogP contribution >= 0.6 is 0 Å². The van der Waals surface area contributed by atoms with Crippen LogP contribution in [0.5, 0.6) is 5.75 Å². The predicted molar refractivity (Wildman–Crippen MR) is 105 cm³/mol. The summed E-state index contributed by atoms with van der Waals surface area (Å²) in [4.78, 5) is 33.2. The largest absolute Gasteiger partial charge is 0.497 e. The van der Waals surface area contributed by atoms with E-state index in [1.54, 1.807) is 16.9 Å². The molecule has 0 spiro atoms. The van der Waals surface area contributed by atoms with Crippen molar-refractivity contribution in [3.8, 4) is 5.75 Å². The minimum atomic E-state index is -1.01. The quantitative estimate of drug-likeness (QED) is 0.743. The first-order valence-corrected chi connectivity index (χ1v) is 9.90. The zero-order chi connectivity index (χ0) is 19.9. The summed E-state index contributed by atoms with van der Waals surface area (Å²) in [6, 6.07) is 5.85. The average Bonchev–Trinajstić information content (AvgIpc) is 3.08. The number of ether oxygens (including phenoxy) is 1. The van der Waals surface area contributed by atoms with Crippen LogP contribution in [0.3, 0.4) is 0 Å². The molecule has 1 aromatic carbocycles. The summed E-state index contributed by atoms with van der Waals surface area (Å²) >= 11 is 0. The predicted octanol–water partition coefficient (Wildman–Crippen LogP) is 1.78. The van der Waals surface area contributed by atoms with Crippen LogP contribution in [0.2, 0.25) is 0 Å². The van der Waals surface area contributed by atoms with Gasteiger partial charge in [-0.2, -0.15) is 0 Å². The van der Waals surface area contributed by atoms with Gasteiger partial charge in [0.15, 0.2) is 5.54 Å². The van der Waals surface area contributed by atoms with Crippen molar-refractivity contribution in [3.05, 3.63) is 29.5 Å². The summed E-state index contributed by atoms with van der Waals surface area (Å²) in [5.41, 5.74) is 1.86. The lowest BCUT2D eigenvalue weighted by atomic mass is 9.83. The monoisotopic (exact) mass is 385 g/mol. The van der Waals surface area contributed by atoms with E-state index in [0.717, 1.165) is 40.8 Å². The van der Waals surface area contributed by atoms with E-state index in [1.165, 1.54) is 0 Å². The SMILES string of the molecule is COc1ccc2[nH]c3c(c2c1)CCN1C(=O)CN(CCCCCO)C(=O)C31C. The number of aliphatic hydroxyl groups excluding tert-OH is 1. The minimum Gasteiger partial charge on any atom is -0.497 e. The lowest BCUT2D eigenvalue weighted by molar-refractivity contribution is -0.166. The lowest BCUT2D eigenvalue weighted by Crippen LogP contribution is -2.67. The molecule has 0 saturated carbocycles. The molecule has 2 aliphatic rings. The summed E-state index contributed by atoms with van der Waals surface area (Å²) in [7, 11) is 1.64. The molecule has 0 radical (unpaired) electrons. The molecule has 1 fully saturated rings. The van der Waals surface area contributed by atoms with Gasteiger partial charge in [-0.15, -0.1) is 0 Å². The highest BCUT2D eigenvalue weighted by Gasteiger charge is 2.53. The number of carbonyl (C=O) groups excluding carboxylic acids is 2. The molecule has 28 heavy (non-hydrogen) atoms. The second kappa shape index (κ2) is 7.13. The van der Waals surface area contributed by atoms with E-state index in [9.17, 15) is 9.59 Å². The van der Waals surface area contributed by atoms with Gasteiger partial charge in [-0.25, -0.2) is 0 Å². The number of hydrogen-bond donors (Lipinski definition) is 2. The fraction of sp³-hybridized carbons (Fsp3) is 0.524. The number of benzene rings is 1. The molecule has 7 nitrogen and oxygen atoms in total. The fourth-order valence-corrected chi connectivity index (χ4v) is 4.61. The molecule has 2 aromatic rings. The number of methoxy groups -OCH3 is 1. The first kappa shape index (κ1) is 18.8. The van der Waals surface area contributed by atoms with Crippen LogP contribution in [0, 0.1) is 0 Å². The Morgan fingerprint density at radius 2 is 2.07 bits per heavy atom. The Labute approximate surface area is 164 Å². The molecule has 3 heterocycles. The molecule has 150 valence electrons. The number of amides is 2. The fourth-order valence-electron chi connectivity index (χ4n) is 4.61. The number of hydrogen-bond acceptors (Lipinski definition) is 4. The molecule has 1 atom stereocenters. The van der Waals surface area contributed by atoms with Crippen LogP contribution in [0.1, 0.15) is 37.4 Å². The zero-order valence-corrected chi connectivity index (χ0v) is 16.5. The molecule has 2 amide bonds. The number of nitrogens with zero attached hydrogens (tertiary/aromatic N) is 2. The normalized spacial score (nSPS) is 21.8. The number of aromatic nitrogens is 1. The standard InChI is InChI=1S/C21H27N3O4/c1-21-19-15(16-12-14(28-2)6-7-17(16)22-19)8-10-24(21)18(26)13-23(20(21)27)9-4-3-5-11-25/h6-7,12,22,25H,3-5,8-11,13H2,1-2H3. The number of unbranched alkanes of at least 4 members (excludes halogenated alkanes) is 2. The number of H-pyrrole nitrogens is 1. The Kier molecular flexibility index (Phi) is 4.79. The maximum Gasteiger partial charge on any atom is 0.254 e. The van der Waals surface area contributed by atoms with E-state index in [0.29, 0.717) is 25.9 Å². The van der Waals surface area contributed by atoms with Crippen molar-refractivity contribution in [2.45, 2.75) is 38.1 Å². The highest BCUT2D eigenvalue weighted by atomic mass is 16.5. The van der Waals surface area contributed by atoms with Gasteiger partial charge in [0.25, 0.3) is 5.91 Å². The number of carbonyl (C=O) groups is 2. The second-order valence-electron chi connectivity index (χ2n) is 7.77. The second-order valence-corrected chi connectivity index (χ2v) is 7.77. The molecule has 0 aliphatic carbocycles. The summed E-state index contributed by atoms with van der Waals surface area (Å²) in [5.74, 6) is 0.736. The lowest BCUT2D eigenvalue weighted by Gasteiger charge is -2.49. The van der Waals surface area contributed by atoms with Crippen molar-refractivity contribution in [3.63, 3.8) is 0 Å². The highest BCUT2D eigenvalue weighted by molar-refractivity contribution is 6.00. The molecule has 0 bridgehead atoms. The molecule has 7 heteroatoms. The van der Waals surface area contributed by atoms with E-state index in [4.69, 9.17) is 9.84 Å². The van der Waals surface area contributed by atoms with Crippen LogP contribution in [-0.2, 0) is 21.5 Å². The molecule has 4 rings (SSSR count). The smallest absolute Gasteiger partial charge is 0.254 e. The zero-order valence-electron chi connectivity index (χ0n) is 16.5. The van der Waals surface area contributed by atoms with Gasteiger partial charge < -0.3 is 24.6 Å². The van der Waals surface area contributed by atoms with E-state index >= 15 is 0 Å². The molecule has 2 N–H and O–H groups in total. The van der Waals surface area contributed by atoms with Crippen LogP contribution in [0.15, 0.2) is 18.2 Å². The van der Waals surface area contributed by atoms with Gasteiger partial charge in [0.05, 0.1) is 19.3 Å². The van der Waals surface area contributed by atoms with Gasteiger partial charge in [0, 0.05) is 30.6 Å². The first-order chi connectivity index (χ1) is 13.5. The van der Waals surface area contributed by atoms with Gasteiger partial charge in [0.1, 0.15) is 5.75 Å². The van der Waals surface area contributed by atoms with E-state index in [-0.39, 0.29) is 25.0 Å². The van der Waals surface area contributed by atoms with Crippen molar-refractivity contribution in [2.24, 2.45) is 0 Å². The summed E-state index contributed by atoms with van der Waals surface area (Å²) in [6.45, 7) is 3.23. The molecule has 1 aromatic heterocycles. The number of piperazine rings is 1. The summed E-state index contributed by atoms with van der Waals surface area (Å²) in [6.07, 6.45) is 3.06. The number of aromatic amines is 1. The Bertz CT molecular complexity index is 922. The van der Waals surface area contributed by atoms with Crippen molar-refractivity contribution in [1.82, 2.24) is 14.8 Å². The highest BCUT2D eigenvalue weighted by Crippen LogP contribution is 2.42. The van der Waals surface area contributed by atoms with Crippen LogP contribution in [-0.4, -0.2) is 65.1 Å². The van der Waals surface area contributed by atoms with Crippen LogP contribution in [0.4, 0.5) is 0 Å².